The highest BCUT2D eigenvalue weighted by Gasteiger charge is 2.12. The van der Waals surface area contributed by atoms with Gasteiger partial charge >= 0.3 is 0 Å². The van der Waals surface area contributed by atoms with Gasteiger partial charge in [0.25, 0.3) is 0 Å². The molecule has 0 radical (unpaired) electrons. The van der Waals surface area contributed by atoms with Crippen molar-refractivity contribution in [1.82, 2.24) is 4.98 Å². The third-order valence-corrected chi connectivity index (χ3v) is 5.24. The summed E-state index contributed by atoms with van der Waals surface area (Å²) in [5.74, 6) is 1.02. The number of carbonyl (C=O) groups is 1. The maximum absolute atomic E-state index is 11.6. The second-order valence-corrected chi connectivity index (χ2v) is 7.71. The first-order valence-corrected chi connectivity index (χ1v) is 10.2. The number of nitrogens with zero attached hydrogens (tertiary/aromatic N) is 1. The molecule has 0 fully saturated rings. The normalized spacial score (nSPS) is 10.9. The number of ether oxygens (including phenoxy) is 1. The summed E-state index contributed by atoms with van der Waals surface area (Å²) in [4.78, 5) is 16.4. The lowest BCUT2D eigenvalue weighted by Gasteiger charge is -2.14. The fourth-order valence-electron chi connectivity index (χ4n) is 3.68. The first kappa shape index (κ1) is 19.8. The van der Waals surface area contributed by atoms with E-state index in [0.29, 0.717) is 19.4 Å². The number of pyridine rings is 1. The van der Waals surface area contributed by atoms with Crippen LogP contribution in [0.2, 0.25) is 0 Å². The zero-order valence-electron chi connectivity index (χ0n) is 17.4. The highest BCUT2D eigenvalue weighted by atomic mass is 16.5. The van der Waals surface area contributed by atoms with Gasteiger partial charge in [0.05, 0.1) is 5.69 Å². The molecule has 4 aromatic rings. The summed E-state index contributed by atoms with van der Waals surface area (Å²) >= 11 is 0. The van der Waals surface area contributed by atoms with Crippen LogP contribution < -0.4 is 4.74 Å². The van der Waals surface area contributed by atoms with Crippen molar-refractivity contribution in [3.05, 3.63) is 107 Å². The van der Waals surface area contributed by atoms with Crippen molar-refractivity contribution in [2.75, 3.05) is 0 Å². The lowest BCUT2D eigenvalue weighted by atomic mass is 9.98. The molecule has 0 atom stereocenters. The molecule has 0 saturated carbocycles. The first-order valence-electron chi connectivity index (χ1n) is 10.2. The summed E-state index contributed by atoms with van der Waals surface area (Å²) in [6.07, 6.45) is 2.92. The van der Waals surface area contributed by atoms with Crippen molar-refractivity contribution in [3.8, 4) is 5.75 Å². The predicted octanol–water partition coefficient (Wildman–Crippen LogP) is 5.84. The Morgan fingerprint density at radius 1 is 0.867 bits per heavy atom. The van der Waals surface area contributed by atoms with E-state index in [4.69, 9.17) is 9.72 Å². The molecule has 0 N–H and O–H groups in total. The van der Waals surface area contributed by atoms with Crippen LogP contribution in [0.5, 0.6) is 5.75 Å². The van der Waals surface area contributed by atoms with Gasteiger partial charge in [-0.05, 0) is 36.4 Å². The third kappa shape index (κ3) is 4.57. The Morgan fingerprint density at radius 3 is 2.33 bits per heavy atom. The van der Waals surface area contributed by atoms with Gasteiger partial charge in [-0.3, -0.25) is 9.78 Å². The van der Waals surface area contributed by atoms with Crippen molar-refractivity contribution in [2.45, 2.75) is 33.3 Å². The minimum atomic E-state index is 0.143. The highest BCUT2D eigenvalue weighted by molar-refractivity contribution is 5.91. The Morgan fingerprint density at radius 2 is 1.57 bits per heavy atom. The van der Waals surface area contributed by atoms with Crippen molar-refractivity contribution in [3.63, 3.8) is 0 Å². The number of hydrogen-bond acceptors (Lipinski definition) is 3. The summed E-state index contributed by atoms with van der Waals surface area (Å²) in [6.45, 7) is 4.23. The molecule has 0 aliphatic rings. The molecule has 0 spiro atoms. The van der Waals surface area contributed by atoms with E-state index in [1.165, 1.54) is 5.56 Å². The Bertz CT molecular complexity index is 1180. The van der Waals surface area contributed by atoms with Crippen LogP contribution in [0.4, 0.5) is 0 Å². The minimum absolute atomic E-state index is 0.143. The molecule has 30 heavy (non-hydrogen) atoms. The molecular weight excluding hydrogens is 370 g/mol. The number of aromatic nitrogens is 1. The number of para-hydroxylation sites is 1. The fourth-order valence-corrected chi connectivity index (χ4v) is 3.68. The number of rotatable bonds is 7. The van der Waals surface area contributed by atoms with Crippen molar-refractivity contribution in [2.24, 2.45) is 0 Å². The summed E-state index contributed by atoms with van der Waals surface area (Å²) < 4.78 is 6.15. The smallest absolute Gasteiger partial charge is 0.134 e. The molecule has 4 rings (SSSR count). The quantitative estimate of drug-likeness (QED) is 0.394. The monoisotopic (exact) mass is 395 g/mol. The zero-order chi connectivity index (χ0) is 20.9. The Kier molecular flexibility index (Phi) is 5.89. The van der Waals surface area contributed by atoms with Crippen LogP contribution >= 0.6 is 0 Å². The summed E-state index contributed by atoms with van der Waals surface area (Å²) in [5.41, 5.74) is 5.45. The molecule has 0 amide bonds. The molecule has 0 aliphatic carbocycles. The standard InChI is InChI=1S/C27H25NO2/c1-19-11-13-21(14-12-19)18-30-27-10-6-3-7-22(27)16-26-25-9-5-4-8-24(25)23(17-28-26)15-20(2)29/h3-14,17H,15-16,18H2,1-2H3. The number of aryl methyl sites for hydroxylation is 1. The summed E-state index contributed by atoms with van der Waals surface area (Å²) in [6, 6.07) is 24.7. The van der Waals surface area contributed by atoms with Crippen molar-refractivity contribution in [1.29, 1.82) is 0 Å². The minimum Gasteiger partial charge on any atom is -0.489 e. The molecule has 3 nitrogen and oxygen atoms in total. The van der Waals surface area contributed by atoms with Crippen LogP contribution in [-0.4, -0.2) is 10.8 Å². The first-order chi connectivity index (χ1) is 14.6. The molecule has 3 heteroatoms. The molecular formula is C27H25NO2. The van der Waals surface area contributed by atoms with Gasteiger partial charge in [0.15, 0.2) is 0 Å². The fraction of sp³-hybridized carbons (Fsp3) is 0.185. The van der Waals surface area contributed by atoms with Crippen LogP contribution in [0.25, 0.3) is 10.8 Å². The van der Waals surface area contributed by atoms with E-state index in [1.54, 1.807) is 6.92 Å². The van der Waals surface area contributed by atoms with Crippen LogP contribution in [0.3, 0.4) is 0 Å². The van der Waals surface area contributed by atoms with Crippen LogP contribution in [-0.2, 0) is 24.2 Å². The second-order valence-electron chi connectivity index (χ2n) is 7.71. The van der Waals surface area contributed by atoms with Gasteiger partial charge in [0.1, 0.15) is 18.1 Å². The SMILES string of the molecule is CC(=O)Cc1cnc(Cc2ccccc2OCc2ccc(C)cc2)c2ccccc12. The maximum Gasteiger partial charge on any atom is 0.134 e. The van der Waals surface area contributed by atoms with Crippen molar-refractivity contribution >= 4 is 16.6 Å². The van der Waals surface area contributed by atoms with E-state index in [0.717, 1.165) is 38.9 Å². The average molecular weight is 396 g/mol. The van der Waals surface area contributed by atoms with E-state index < -0.39 is 0 Å². The van der Waals surface area contributed by atoms with E-state index in [9.17, 15) is 4.79 Å². The third-order valence-electron chi connectivity index (χ3n) is 5.24. The van der Waals surface area contributed by atoms with Gasteiger partial charge in [-0.25, -0.2) is 0 Å². The maximum atomic E-state index is 11.6. The Labute approximate surface area is 177 Å². The van der Waals surface area contributed by atoms with Gasteiger partial charge in [0.2, 0.25) is 0 Å². The number of benzene rings is 3. The molecule has 0 aliphatic heterocycles. The van der Waals surface area contributed by atoms with Crippen LogP contribution in [0.1, 0.15) is 34.9 Å². The molecule has 150 valence electrons. The molecule has 0 saturated heterocycles. The van der Waals surface area contributed by atoms with E-state index in [2.05, 4.69) is 49.4 Å². The van der Waals surface area contributed by atoms with E-state index in [1.807, 2.05) is 36.5 Å². The van der Waals surface area contributed by atoms with Gasteiger partial charge < -0.3 is 4.74 Å². The number of ketones is 1. The second kappa shape index (κ2) is 8.91. The zero-order valence-corrected chi connectivity index (χ0v) is 17.4. The summed E-state index contributed by atoms with van der Waals surface area (Å²) in [7, 11) is 0. The van der Waals surface area contributed by atoms with Crippen LogP contribution in [0, 0.1) is 6.92 Å². The lowest BCUT2D eigenvalue weighted by molar-refractivity contribution is -0.116. The number of Topliss-reactive ketones (excluding diaryl/α,β-unsaturated/α-hetero) is 1. The number of hydrogen-bond donors (Lipinski definition) is 0. The van der Waals surface area contributed by atoms with Crippen LogP contribution in [0.15, 0.2) is 79.0 Å². The van der Waals surface area contributed by atoms with E-state index >= 15 is 0 Å². The Balaban J connectivity index is 1.61. The average Bonchev–Trinajstić information content (AvgIpc) is 2.75. The van der Waals surface area contributed by atoms with Gasteiger partial charge in [-0.1, -0.05) is 72.3 Å². The predicted molar refractivity (Wildman–Crippen MR) is 121 cm³/mol. The molecule has 1 aromatic heterocycles. The largest absolute Gasteiger partial charge is 0.489 e. The summed E-state index contributed by atoms with van der Waals surface area (Å²) in [5, 5.41) is 2.18. The number of carbonyl (C=O) groups excluding carboxylic acids is 1. The lowest BCUT2D eigenvalue weighted by Crippen LogP contribution is -2.03. The molecule has 3 aromatic carbocycles. The van der Waals surface area contributed by atoms with Crippen molar-refractivity contribution < 1.29 is 9.53 Å². The molecule has 0 bridgehead atoms. The highest BCUT2D eigenvalue weighted by Crippen LogP contribution is 2.27. The number of fused-ring (bicyclic) bond motifs is 1. The van der Waals surface area contributed by atoms with Gasteiger partial charge in [0, 0.05) is 30.0 Å². The molecule has 0 unspecified atom stereocenters. The van der Waals surface area contributed by atoms with Gasteiger partial charge in [-0.2, -0.15) is 0 Å². The Hall–Kier alpha value is -3.46. The molecule has 1 heterocycles. The van der Waals surface area contributed by atoms with E-state index in [-0.39, 0.29) is 5.78 Å². The topological polar surface area (TPSA) is 39.2 Å². The van der Waals surface area contributed by atoms with Gasteiger partial charge in [-0.15, -0.1) is 0 Å².